The smallest absolute Gasteiger partial charge is 0.258 e. The summed E-state index contributed by atoms with van der Waals surface area (Å²) >= 11 is 0. The van der Waals surface area contributed by atoms with E-state index < -0.39 is 0 Å². The fourth-order valence-electron chi connectivity index (χ4n) is 3.76. The van der Waals surface area contributed by atoms with Crippen LogP contribution in [0.3, 0.4) is 0 Å². The maximum atomic E-state index is 13.3. The Morgan fingerprint density at radius 1 is 1.20 bits per heavy atom. The lowest BCUT2D eigenvalue weighted by Crippen LogP contribution is -2.36. The van der Waals surface area contributed by atoms with Crippen LogP contribution in [0.15, 0.2) is 60.8 Å². The lowest BCUT2D eigenvalue weighted by atomic mass is 10.0. The zero-order chi connectivity index (χ0) is 20.9. The zero-order valence-electron chi connectivity index (χ0n) is 17.0. The first-order valence-corrected chi connectivity index (χ1v) is 10.1. The third kappa shape index (κ3) is 4.46. The number of carbonyl (C=O) groups excluding carboxylic acids is 1. The summed E-state index contributed by atoms with van der Waals surface area (Å²) < 4.78 is 7.35. The van der Waals surface area contributed by atoms with Gasteiger partial charge in [0, 0.05) is 38.1 Å². The van der Waals surface area contributed by atoms with Gasteiger partial charge < -0.3 is 20.1 Å². The molecule has 1 aromatic heterocycles. The molecule has 0 bridgehead atoms. The molecule has 30 heavy (non-hydrogen) atoms. The quantitative estimate of drug-likeness (QED) is 0.679. The van der Waals surface area contributed by atoms with Gasteiger partial charge in [0.25, 0.3) is 5.91 Å². The van der Waals surface area contributed by atoms with Crippen LogP contribution in [0.25, 0.3) is 0 Å². The van der Waals surface area contributed by atoms with Crippen LogP contribution in [0.2, 0.25) is 0 Å². The molecule has 156 valence electrons. The molecule has 1 amide bonds. The fourth-order valence-corrected chi connectivity index (χ4v) is 3.76. The van der Waals surface area contributed by atoms with Gasteiger partial charge in [0.1, 0.15) is 5.75 Å². The number of hydrogen-bond acceptors (Lipinski definition) is 5. The zero-order valence-corrected chi connectivity index (χ0v) is 17.0. The van der Waals surface area contributed by atoms with Crippen LogP contribution in [0.1, 0.15) is 34.1 Å². The molecule has 1 aliphatic rings. The van der Waals surface area contributed by atoms with E-state index in [1.807, 2.05) is 55.7 Å². The highest BCUT2D eigenvalue weighted by Gasteiger charge is 2.29. The molecule has 2 heterocycles. The molecule has 7 nitrogen and oxygen atoms in total. The molecule has 1 aliphatic heterocycles. The first kappa shape index (κ1) is 20.0. The number of aromatic nitrogens is 2. The van der Waals surface area contributed by atoms with Crippen molar-refractivity contribution in [3.8, 4) is 5.75 Å². The molecule has 2 aromatic carbocycles. The minimum absolute atomic E-state index is 0.0389. The molecule has 1 saturated heterocycles. The lowest BCUT2D eigenvalue weighted by Gasteiger charge is -2.30. The van der Waals surface area contributed by atoms with E-state index >= 15 is 0 Å². The van der Waals surface area contributed by atoms with Crippen LogP contribution in [0.5, 0.6) is 5.75 Å². The number of carbonyl (C=O) groups is 1. The minimum atomic E-state index is -0.192. The van der Waals surface area contributed by atoms with Crippen LogP contribution in [-0.4, -0.2) is 45.5 Å². The predicted molar refractivity (Wildman–Crippen MR) is 114 cm³/mol. The highest BCUT2D eigenvalue weighted by molar-refractivity contribution is 5.97. The summed E-state index contributed by atoms with van der Waals surface area (Å²) in [6.07, 6.45) is 2.60. The Morgan fingerprint density at radius 3 is 2.77 bits per heavy atom. The first-order valence-electron chi connectivity index (χ1n) is 10.1. The molecular weight excluding hydrogens is 380 g/mol. The Bertz CT molecular complexity index is 1000. The summed E-state index contributed by atoms with van der Waals surface area (Å²) in [4.78, 5) is 15.1. The van der Waals surface area contributed by atoms with E-state index in [4.69, 9.17) is 4.74 Å². The topological polar surface area (TPSA) is 79.6 Å². The number of phenolic OH excluding ortho intramolecular Hbond substituents is 1. The third-order valence-corrected chi connectivity index (χ3v) is 5.30. The number of hydrogen-bond donors (Lipinski definition) is 2. The summed E-state index contributed by atoms with van der Waals surface area (Å²) in [5.74, 6) is -0.230. The van der Waals surface area contributed by atoms with Crippen LogP contribution in [0.4, 0.5) is 5.69 Å². The highest BCUT2D eigenvalue weighted by Crippen LogP contribution is 2.31. The second-order valence-electron chi connectivity index (χ2n) is 7.39. The Kier molecular flexibility index (Phi) is 5.99. The molecular formula is C23H26N4O3. The van der Waals surface area contributed by atoms with Crippen LogP contribution < -0.4 is 5.32 Å². The largest absolute Gasteiger partial charge is 0.507 e. The van der Waals surface area contributed by atoms with Crippen molar-refractivity contribution in [2.45, 2.75) is 19.0 Å². The molecule has 0 spiro atoms. The summed E-state index contributed by atoms with van der Waals surface area (Å²) in [7, 11) is 1.87. The van der Waals surface area contributed by atoms with Gasteiger partial charge in [-0.15, -0.1) is 0 Å². The standard InChI is InChI=1S/C23H26N4O3/c1-26-11-9-19(25-26)16-24-18-7-8-20(22(28)15-18)23(29)27-12-14-30-13-10-21(27)17-5-3-2-4-6-17/h2-9,11,15,21,24,28H,10,12-14,16H2,1H3. The van der Waals surface area contributed by atoms with Gasteiger partial charge >= 0.3 is 0 Å². The van der Waals surface area contributed by atoms with Crippen molar-refractivity contribution in [3.05, 3.63) is 77.6 Å². The van der Waals surface area contributed by atoms with Gasteiger partial charge in [-0.05, 0) is 30.2 Å². The molecule has 1 fully saturated rings. The fraction of sp³-hybridized carbons (Fsp3) is 0.304. The summed E-state index contributed by atoms with van der Waals surface area (Å²) in [5, 5.41) is 18.1. The number of phenols is 1. The van der Waals surface area contributed by atoms with Gasteiger partial charge in [-0.1, -0.05) is 30.3 Å². The van der Waals surface area contributed by atoms with Crippen LogP contribution >= 0.6 is 0 Å². The van der Waals surface area contributed by atoms with Crippen molar-refractivity contribution in [2.24, 2.45) is 7.05 Å². The molecule has 1 unspecified atom stereocenters. The number of rotatable bonds is 5. The average molecular weight is 406 g/mol. The van der Waals surface area contributed by atoms with Crippen LogP contribution in [0, 0.1) is 0 Å². The summed E-state index contributed by atoms with van der Waals surface area (Å²) in [6.45, 7) is 2.11. The van der Waals surface area contributed by atoms with Gasteiger partial charge in [-0.3, -0.25) is 9.48 Å². The van der Waals surface area contributed by atoms with Crippen molar-refractivity contribution in [1.82, 2.24) is 14.7 Å². The van der Waals surface area contributed by atoms with Gasteiger partial charge in [0.15, 0.2) is 0 Å². The Labute approximate surface area is 175 Å². The van der Waals surface area contributed by atoms with Gasteiger partial charge in [-0.25, -0.2) is 0 Å². The molecule has 0 radical (unpaired) electrons. The number of nitrogens with zero attached hydrogens (tertiary/aromatic N) is 3. The van der Waals surface area contributed by atoms with E-state index in [9.17, 15) is 9.90 Å². The molecule has 0 saturated carbocycles. The Balaban J connectivity index is 1.52. The van der Waals surface area contributed by atoms with Gasteiger partial charge in [-0.2, -0.15) is 5.10 Å². The van der Waals surface area contributed by atoms with Crippen molar-refractivity contribution < 1.29 is 14.6 Å². The minimum Gasteiger partial charge on any atom is -0.507 e. The van der Waals surface area contributed by atoms with E-state index in [2.05, 4.69) is 10.4 Å². The van der Waals surface area contributed by atoms with E-state index in [1.54, 1.807) is 21.7 Å². The second-order valence-corrected chi connectivity index (χ2v) is 7.39. The molecule has 1 atom stereocenters. The predicted octanol–water partition coefficient (Wildman–Crippen LogP) is 3.34. The number of aryl methyl sites for hydroxylation is 1. The number of anilines is 1. The van der Waals surface area contributed by atoms with Crippen LogP contribution in [-0.2, 0) is 18.3 Å². The van der Waals surface area contributed by atoms with Crippen molar-refractivity contribution in [3.63, 3.8) is 0 Å². The maximum absolute atomic E-state index is 13.3. The second kappa shape index (κ2) is 9.00. The molecule has 7 heteroatoms. The number of aromatic hydroxyl groups is 1. The Morgan fingerprint density at radius 2 is 2.03 bits per heavy atom. The summed E-state index contributed by atoms with van der Waals surface area (Å²) in [5.41, 5.74) is 2.99. The van der Waals surface area contributed by atoms with E-state index in [0.29, 0.717) is 31.9 Å². The van der Waals surface area contributed by atoms with E-state index in [1.165, 1.54) is 0 Å². The normalized spacial score (nSPS) is 16.8. The molecule has 3 aromatic rings. The van der Waals surface area contributed by atoms with Crippen molar-refractivity contribution >= 4 is 11.6 Å². The maximum Gasteiger partial charge on any atom is 0.258 e. The SMILES string of the molecule is Cn1ccc(CNc2ccc(C(=O)N3CCOCCC3c3ccccc3)c(O)c2)n1. The number of benzene rings is 2. The molecule has 0 aliphatic carbocycles. The van der Waals surface area contributed by atoms with E-state index in [0.717, 1.165) is 23.4 Å². The van der Waals surface area contributed by atoms with Crippen molar-refractivity contribution in [1.29, 1.82) is 0 Å². The molecule has 4 rings (SSSR count). The highest BCUT2D eigenvalue weighted by atomic mass is 16.5. The lowest BCUT2D eigenvalue weighted by molar-refractivity contribution is 0.0669. The number of nitrogens with one attached hydrogen (secondary N) is 1. The molecule has 2 N–H and O–H groups in total. The van der Waals surface area contributed by atoms with E-state index in [-0.39, 0.29) is 17.7 Å². The number of amides is 1. The van der Waals surface area contributed by atoms with Crippen molar-refractivity contribution in [2.75, 3.05) is 25.1 Å². The third-order valence-electron chi connectivity index (χ3n) is 5.30. The number of ether oxygens (including phenoxy) is 1. The Hall–Kier alpha value is -3.32. The first-order chi connectivity index (χ1) is 14.6. The average Bonchev–Trinajstić information content (AvgIpc) is 3.03. The summed E-state index contributed by atoms with van der Waals surface area (Å²) in [6, 6.07) is 16.9. The van der Waals surface area contributed by atoms with Gasteiger partial charge in [0.05, 0.1) is 30.5 Å². The van der Waals surface area contributed by atoms with Gasteiger partial charge in [0.2, 0.25) is 0 Å². The monoisotopic (exact) mass is 406 g/mol.